The van der Waals surface area contributed by atoms with E-state index in [-0.39, 0.29) is 11.6 Å². The van der Waals surface area contributed by atoms with Crippen LogP contribution in [-0.4, -0.2) is 36.0 Å². The van der Waals surface area contributed by atoms with Crippen LogP contribution < -0.4 is 20.1 Å². The predicted molar refractivity (Wildman–Crippen MR) is 121 cm³/mol. The summed E-state index contributed by atoms with van der Waals surface area (Å²) >= 11 is 0. The van der Waals surface area contributed by atoms with Gasteiger partial charge in [-0.05, 0) is 24.3 Å². The second-order valence-electron chi connectivity index (χ2n) is 6.77. The molecule has 0 aliphatic rings. The lowest BCUT2D eigenvalue weighted by molar-refractivity contribution is 0.101. The lowest BCUT2D eigenvalue weighted by atomic mass is 10.2. The molecule has 2 amide bonds. The molecule has 8 nitrogen and oxygen atoms in total. The third-order valence-electron chi connectivity index (χ3n) is 4.74. The normalized spacial score (nSPS) is 10.4. The van der Waals surface area contributed by atoms with Gasteiger partial charge in [-0.1, -0.05) is 30.3 Å². The van der Waals surface area contributed by atoms with E-state index < -0.39 is 5.91 Å². The Morgan fingerprint density at radius 2 is 1.31 bits per heavy atom. The molecule has 1 aromatic heterocycles. The highest BCUT2D eigenvalue weighted by molar-refractivity contribution is 6.07. The minimum Gasteiger partial charge on any atom is -0.494 e. The van der Waals surface area contributed by atoms with Crippen molar-refractivity contribution in [3.8, 4) is 11.5 Å². The van der Waals surface area contributed by atoms with Gasteiger partial charge < -0.3 is 20.1 Å². The Bertz CT molecular complexity index is 1290. The van der Waals surface area contributed by atoms with Crippen molar-refractivity contribution in [1.82, 2.24) is 9.97 Å². The van der Waals surface area contributed by atoms with Crippen LogP contribution in [0.15, 0.2) is 72.9 Å². The highest BCUT2D eigenvalue weighted by Crippen LogP contribution is 2.37. The first-order chi connectivity index (χ1) is 15.6. The van der Waals surface area contributed by atoms with Crippen molar-refractivity contribution in [2.24, 2.45) is 0 Å². The highest BCUT2D eigenvalue weighted by Gasteiger charge is 2.17. The molecule has 0 saturated heterocycles. The Kier molecular flexibility index (Phi) is 5.94. The van der Waals surface area contributed by atoms with Crippen LogP contribution in [0.4, 0.5) is 11.4 Å². The molecule has 8 heteroatoms. The van der Waals surface area contributed by atoms with Crippen LogP contribution in [0.2, 0.25) is 0 Å². The van der Waals surface area contributed by atoms with E-state index in [1.807, 2.05) is 24.3 Å². The Hall–Kier alpha value is -4.46. The van der Waals surface area contributed by atoms with Crippen LogP contribution in [-0.2, 0) is 0 Å². The summed E-state index contributed by atoms with van der Waals surface area (Å²) in [5, 5.41) is 5.58. The lowest BCUT2D eigenvalue weighted by Crippen LogP contribution is -2.16. The van der Waals surface area contributed by atoms with E-state index >= 15 is 0 Å². The first-order valence-corrected chi connectivity index (χ1v) is 9.74. The van der Waals surface area contributed by atoms with Gasteiger partial charge in [-0.3, -0.25) is 14.6 Å². The van der Waals surface area contributed by atoms with Crippen LogP contribution in [0, 0.1) is 0 Å². The zero-order valence-corrected chi connectivity index (χ0v) is 17.5. The fraction of sp³-hybridized carbons (Fsp3) is 0.0833. The minimum absolute atomic E-state index is 0.158. The number of anilines is 2. The Morgan fingerprint density at radius 1 is 0.750 bits per heavy atom. The van der Waals surface area contributed by atoms with Crippen molar-refractivity contribution in [3.05, 3.63) is 84.2 Å². The molecular formula is C24H20N4O4. The number of nitrogens with zero attached hydrogens (tertiary/aromatic N) is 2. The molecule has 0 radical (unpaired) electrons. The zero-order valence-electron chi connectivity index (χ0n) is 17.5. The SMILES string of the molecule is COc1cc(NC(=O)c2cnc3ccccc3n2)c(OC)cc1NC(=O)c1ccccc1. The molecule has 0 unspecified atom stereocenters. The number of aromatic nitrogens is 2. The van der Waals surface area contributed by atoms with E-state index in [1.165, 1.54) is 20.4 Å². The van der Waals surface area contributed by atoms with Crippen molar-refractivity contribution in [2.75, 3.05) is 24.9 Å². The number of carbonyl (C=O) groups is 2. The van der Waals surface area contributed by atoms with Gasteiger partial charge in [0.15, 0.2) is 0 Å². The Balaban J connectivity index is 1.60. The summed E-state index contributed by atoms with van der Waals surface area (Å²) in [6.07, 6.45) is 1.41. The maximum atomic E-state index is 12.8. The van der Waals surface area contributed by atoms with Gasteiger partial charge >= 0.3 is 0 Å². The number of ether oxygens (including phenoxy) is 2. The van der Waals surface area contributed by atoms with Crippen LogP contribution in [0.3, 0.4) is 0 Å². The molecule has 0 fully saturated rings. The Labute approximate surface area is 184 Å². The number of fused-ring (bicyclic) bond motifs is 1. The maximum absolute atomic E-state index is 12.8. The van der Waals surface area contributed by atoms with E-state index in [0.717, 1.165) is 0 Å². The second kappa shape index (κ2) is 9.13. The van der Waals surface area contributed by atoms with Crippen molar-refractivity contribution < 1.29 is 19.1 Å². The van der Waals surface area contributed by atoms with Crippen molar-refractivity contribution in [3.63, 3.8) is 0 Å². The van der Waals surface area contributed by atoms with Gasteiger partial charge in [0.2, 0.25) is 0 Å². The number of para-hydroxylation sites is 2. The molecule has 0 atom stereocenters. The molecule has 0 bridgehead atoms. The number of rotatable bonds is 6. The van der Waals surface area contributed by atoms with Gasteiger partial charge in [0.1, 0.15) is 17.2 Å². The third kappa shape index (κ3) is 4.34. The molecular weight excluding hydrogens is 408 g/mol. The van der Waals surface area contributed by atoms with Gasteiger partial charge in [0.25, 0.3) is 11.8 Å². The largest absolute Gasteiger partial charge is 0.494 e. The summed E-state index contributed by atoms with van der Waals surface area (Å²) in [6.45, 7) is 0. The Morgan fingerprint density at radius 3 is 1.94 bits per heavy atom. The summed E-state index contributed by atoms with van der Waals surface area (Å²) in [6, 6.07) is 19.2. The summed E-state index contributed by atoms with van der Waals surface area (Å²) in [7, 11) is 2.94. The molecule has 0 spiro atoms. The van der Waals surface area contributed by atoms with Crippen LogP contribution >= 0.6 is 0 Å². The van der Waals surface area contributed by atoms with Gasteiger partial charge in [0, 0.05) is 17.7 Å². The topological polar surface area (TPSA) is 102 Å². The maximum Gasteiger partial charge on any atom is 0.275 e. The fourth-order valence-electron chi connectivity index (χ4n) is 3.13. The summed E-state index contributed by atoms with van der Waals surface area (Å²) in [5.74, 6) is -0.0508. The lowest BCUT2D eigenvalue weighted by Gasteiger charge is -2.16. The van der Waals surface area contributed by atoms with E-state index in [0.29, 0.717) is 39.5 Å². The first kappa shape index (κ1) is 20.8. The summed E-state index contributed by atoms with van der Waals surface area (Å²) in [4.78, 5) is 34.0. The summed E-state index contributed by atoms with van der Waals surface area (Å²) < 4.78 is 10.8. The number of benzene rings is 3. The molecule has 32 heavy (non-hydrogen) atoms. The molecule has 4 rings (SSSR count). The molecule has 0 saturated carbocycles. The van der Waals surface area contributed by atoms with Gasteiger partial charge in [-0.15, -0.1) is 0 Å². The molecule has 3 aromatic carbocycles. The zero-order chi connectivity index (χ0) is 22.5. The summed E-state index contributed by atoms with van der Waals surface area (Å²) in [5.41, 5.74) is 2.74. The number of methoxy groups -OCH3 is 2. The fourth-order valence-corrected chi connectivity index (χ4v) is 3.13. The average molecular weight is 428 g/mol. The number of amides is 2. The number of nitrogens with one attached hydrogen (secondary N) is 2. The molecule has 1 heterocycles. The van der Waals surface area contributed by atoms with E-state index in [4.69, 9.17) is 9.47 Å². The third-order valence-corrected chi connectivity index (χ3v) is 4.74. The number of carbonyl (C=O) groups excluding carboxylic acids is 2. The monoisotopic (exact) mass is 428 g/mol. The van der Waals surface area contributed by atoms with Gasteiger partial charge in [-0.25, -0.2) is 4.98 Å². The van der Waals surface area contributed by atoms with Gasteiger partial charge in [0.05, 0.1) is 42.8 Å². The van der Waals surface area contributed by atoms with Crippen LogP contribution in [0.1, 0.15) is 20.8 Å². The van der Waals surface area contributed by atoms with Crippen molar-refractivity contribution in [1.29, 1.82) is 0 Å². The molecule has 0 aliphatic carbocycles. The average Bonchev–Trinajstić information content (AvgIpc) is 2.84. The number of hydrogen-bond donors (Lipinski definition) is 2. The van der Waals surface area contributed by atoms with E-state index in [9.17, 15) is 9.59 Å². The second-order valence-corrected chi connectivity index (χ2v) is 6.77. The van der Waals surface area contributed by atoms with Crippen LogP contribution in [0.5, 0.6) is 11.5 Å². The standard InChI is InChI=1S/C24H20N4O4/c1-31-21-13-19(28-24(30)20-14-25-16-10-6-7-11-17(16)26-20)22(32-2)12-18(21)27-23(29)15-8-4-3-5-9-15/h3-14H,1-2H3,(H,27,29)(H,28,30). The molecule has 4 aromatic rings. The minimum atomic E-state index is -0.454. The molecule has 2 N–H and O–H groups in total. The van der Waals surface area contributed by atoms with Crippen molar-refractivity contribution >= 4 is 34.2 Å². The smallest absolute Gasteiger partial charge is 0.275 e. The number of hydrogen-bond acceptors (Lipinski definition) is 6. The van der Waals surface area contributed by atoms with E-state index in [2.05, 4.69) is 20.6 Å². The molecule has 0 aliphatic heterocycles. The van der Waals surface area contributed by atoms with E-state index in [1.54, 1.807) is 42.5 Å². The quantitative estimate of drug-likeness (QED) is 0.478. The highest BCUT2D eigenvalue weighted by atomic mass is 16.5. The van der Waals surface area contributed by atoms with Gasteiger partial charge in [-0.2, -0.15) is 0 Å². The first-order valence-electron chi connectivity index (χ1n) is 9.74. The predicted octanol–water partition coefficient (Wildman–Crippen LogP) is 4.15. The van der Waals surface area contributed by atoms with Crippen LogP contribution in [0.25, 0.3) is 11.0 Å². The van der Waals surface area contributed by atoms with Crippen molar-refractivity contribution in [2.45, 2.75) is 0 Å². The molecule has 160 valence electrons.